The van der Waals surface area contributed by atoms with Gasteiger partial charge in [-0.15, -0.1) is 5.10 Å². The van der Waals surface area contributed by atoms with Crippen molar-refractivity contribution >= 4 is 5.91 Å². The molecule has 1 N–H and O–H groups in total. The monoisotopic (exact) mass is 517 g/mol. The summed E-state index contributed by atoms with van der Waals surface area (Å²) in [6.45, 7) is 8.54. The highest BCUT2D eigenvalue weighted by Crippen LogP contribution is 2.38. The number of carbonyl (C=O) groups is 1. The Morgan fingerprint density at radius 3 is 2.71 bits per heavy atom. The minimum atomic E-state index is -0.399. The Hall–Kier alpha value is -3.39. The number of piperidine rings is 1. The minimum absolute atomic E-state index is 0.141. The van der Waals surface area contributed by atoms with E-state index in [-0.39, 0.29) is 5.91 Å². The Bertz CT molecular complexity index is 1250. The molecule has 1 amide bonds. The number of nitrogens with zero attached hydrogens (tertiary/aromatic N) is 4. The molecule has 2 bridgehead atoms. The van der Waals surface area contributed by atoms with Crippen molar-refractivity contribution < 1.29 is 14.3 Å². The van der Waals surface area contributed by atoms with Crippen LogP contribution in [0.15, 0.2) is 48.7 Å². The van der Waals surface area contributed by atoms with Crippen LogP contribution in [0.3, 0.4) is 0 Å². The molecule has 0 saturated carbocycles. The quantitative estimate of drug-likeness (QED) is 0.541. The van der Waals surface area contributed by atoms with E-state index in [0.29, 0.717) is 19.1 Å². The van der Waals surface area contributed by atoms with E-state index in [9.17, 15) is 4.79 Å². The predicted octanol–water partition coefficient (Wildman–Crippen LogP) is 4.68. The summed E-state index contributed by atoms with van der Waals surface area (Å²) in [6.07, 6.45) is 5.30. The molecule has 3 aromatic rings. The van der Waals surface area contributed by atoms with E-state index in [1.54, 1.807) is 7.11 Å². The van der Waals surface area contributed by atoms with Gasteiger partial charge in [-0.05, 0) is 62.4 Å². The number of hydrogen-bond acceptors (Lipinski definition) is 6. The molecule has 1 aromatic heterocycles. The van der Waals surface area contributed by atoms with E-state index in [1.807, 2.05) is 35.1 Å². The molecule has 0 unspecified atom stereocenters. The molecular formula is C30H39N5O3. The first-order chi connectivity index (χ1) is 18.5. The van der Waals surface area contributed by atoms with Gasteiger partial charge in [0, 0.05) is 30.8 Å². The summed E-state index contributed by atoms with van der Waals surface area (Å²) >= 11 is 0. The fourth-order valence-corrected chi connectivity index (χ4v) is 5.65. The van der Waals surface area contributed by atoms with Gasteiger partial charge >= 0.3 is 0 Å². The van der Waals surface area contributed by atoms with Crippen LogP contribution in [0.1, 0.15) is 67.8 Å². The lowest BCUT2D eigenvalue weighted by atomic mass is 9.73. The largest absolute Gasteiger partial charge is 0.496 e. The lowest BCUT2D eigenvalue weighted by molar-refractivity contribution is -0.135. The molecule has 5 rings (SSSR count). The van der Waals surface area contributed by atoms with Crippen molar-refractivity contribution in [1.82, 2.24) is 25.2 Å². The number of amides is 1. The van der Waals surface area contributed by atoms with Crippen molar-refractivity contribution in [3.8, 4) is 11.5 Å². The minimum Gasteiger partial charge on any atom is -0.496 e. The zero-order valence-electron chi connectivity index (χ0n) is 22.8. The molecule has 2 aromatic carbocycles. The summed E-state index contributed by atoms with van der Waals surface area (Å²) < 4.78 is 13.6. The number of benzene rings is 2. The highest BCUT2D eigenvalue weighted by atomic mass is 16.5. The van der Waals surface area contributed by atoms with Gasteiger partial charge in [0.05, 0.1) is 18.7 Å². The molecule has 2 aliphatic rings. The predicted molar refractivity (Wildman–Crippen MR) is 146 cm³/mol. The van der Waals surface area contributed by atoms with Gasteiger partial charge < -0.3 is 14.8 Å². The van der Waals surface area contributed by atoms with E-state index in [4.69, 9.17) is 9.47 Å². The number of para-hydroxylation sites is 1. The SMILES string of the molecule is COc1ccc(C(C)C)cc1CN1CCC2(CCCn3cc(nn3)COc3ccccc3CNC2=O)CC1. The van der Waals surface area contributed by atoms with Crippen molar-refractivity contribution in [3.05, 3.63) is 71.0 Å². The molecule has 2 aliphatic heterocycles. The topological polar surface area (TPSA) is 81.5 Å². The normalized spacial score (nSPS) is 18.4. The van der Waals surface area contributed by atoms with Crippen LogP contribution >= 0.6 is 0 Å². The Labute approximate surface area is 225 Å². The van der Waals surface area contributed by atoms with Crippen LogP contribution in [-0.4, -0.2) is 46.0 Å². The Morgan fingerprint density at radius 2 is 1.92 bits per heavy atom. The molecule has 1 saturated heterocycles. The summed E-state index contributed by atoms with van der Waals surface area (Å²) in [5.74, 6) is 2.30. The van der Waals surface area contributed by atoms with Crippen molar-refractivity contribution in [1.29, 1.82) is 0 Å². The summed E-state index contributed by atoms with van der Waals surface area (Å²) in [5, 5.41) is 11.8. The third-order valence-electron chi connectivity index (χ3n) is 8.08. The second-order valence-electron chi connectivity index (χ2n) is 10.9. The second-order valence-corrected chi connectivity index (χ2v) is 10.9. The molecule has 0 aliphatic carbocycles. The van der Waals surface area contributed by atoms with Crippen LogP contribution in [-0.2, 0) is 31.0 Å². The zero-order chi connectivity index (χ0) is 26.5. The average molecular weight is 518 g/mol. The van der Waals surface area contributed by atoms with Gasteiger partial charge in [0.1, 0.15) is 23.8 Å². The van der Waals surface area contributed by atoms with Gasteiger partial charge in [0.15, 0.2) is 0 Å². The van der Waals surface area contributed by atoms with E-state index in [1.165, 1.54) is 11.1 Å². The number of likely N-dealkylation sites (tertiary alicyclic amines) is 1. The standard InChI is InChI=1S/C30H39N5O3/c1-22(2)23-9-10-27(37-3)25(17-23)19-34-15-12-30(13-16-34)11-6-14-35-20-26(32-33-35)21-38-28-8-5-4-7-24(28)18-31-29(30)36/h4-5,7-10,17,20,22H,6,11-16,18-19,21H2,1-3H3,(H,31,36). The van der Waals surface area contributed by atoms with Crippen LogP contribution in [0, 0.1) is 5.41 Å². The lowest BCUT2D eigenvalue weighted by Crippen LogP contribution is -2.48. The van der Waals surface area contributed by atoms with Crippen molar-refractivity contribution in [3.63, 3.8) is 0 Å². The maximum atomic E-state index is 13.8. The van der Waals surface area contributed by atoms with Crippen LogP contribution in [0.2, 0.25) is 0 Å². The molecule has 8 heteroatoms. The molecular weight excluding hydrogens is 478 g/mol. The van der Waals surface area contributed by atoms with Crippen molar-refractivity contribution in [2.45, 2.75) is 71.7 Å². The average Bonchev–Trinajstić information content (AvgIpc) is 3.39. The summed E-state index contributed by atoms with van der Waals surface area (Å²) in [4.78, 5) is 16.2. The number of aromatic nitrogens is 3. The number of aryl methyl sites for hydroxylation is 1. The second kappa shape index (κ2) is 11.6. The molecule has 1 fully saturated rings. The van der Waals surface area contributed by atoms with E-state index in [0.717, 1.165) is 74.6 Å². The zero-order valence-corrected chi connectivity index (χ0v) is 22.8. The molecule has 1 spiro atoms. The van der Waals surface area contributed by atoms with Crippen LogP contribution in [0.4, 0.5) is 0 Å². The number of ether oxygens (including phenoxy) is 2. The number of fused-ring (bicyclic) bond motifs is 3. The van der Waals surface area contributed by atoms with Crippen molar-refractivity contribution in [2.24, 2.45) is 5.41 Å². The van der Waals surface area contributed by atoms with Gasteiger partial charge in [-0.1, -0.05) is 49.4 Å². The third-order valence-corrected chi connectivity index (χ3v) is 8.08. The van der Waals surface area contributed by atoms with Crippen LogP contribution in [0.25, 0.3) is 0 Å². The van der Waals surface area contributed by atoms with Gasteiger partial charge in [0.2, 0.25) is 5.91 Å². The third kappa shape index (κ3) is 5.85. The maximum Gasteiger partial charge on any atom is 0.226 e. The molecule has 3 heterocycles. The molecule has 0 atom stereocenters. The fraction of sp³-hybridized carbons (Fsp3) is 0.500. The van der Waals surface area contributed by atoms with E-state index >= 15 is 0 Å². The molecule has 202 valence electrons. The summed E-state index contributed by atoms with van der Waals surface area (Å²) in [7, 11) is 1.74. The highest BCUT2D eigenvalue weighted by Gasteiger charge is 2.41. The smallest absolute Gasteiger partial charge is 0.226 e. The van der Waals surface area contributed by atoms with E-state index < -0.39 is 5.41 Å². The fourth-order valence-electron chi connectivity index (χ4n) is 5.65. The van der Waals surface area contributed by atoms with Gasteiger partial charge in [-0.25, -0.2) is 0 Å². The summed E-state index contributed by atoms with van der Waals surface area (Å²) in [5.41, 5.74) is 3.91. The van der Waals surface area contributed by atoms with E-state index in [2.05, 4.69) is 52.6 Å². The first-order valence-electron chi connectivity index (χ1n) is 13.7. The van der Waals surface area contributed by atoms with Gasteiger partial charge in [0.25, 0.3) is 0 Å². The Balaban J connectivity index is 1.32. The van der Waals surface area contributed by atoms with Gasteiger partial charge in [-0.2, -0.15) is 0 Å². The Morgan fingerprint density at radius 1 is 1.11 bits per heavy atom. The van der Waals surface area contributed by atoms with Crippen LogP contribution < -0.4 is 14.8 Å². The number of nitrogens with one attached hydrogen (secondary N) is 1. The number of hydrogen-bond donors (Lipinski definition) is 1. The molecule has 8 nitrogen and oxygen atoms in total. The first kappa shape index (κ1) is 26.2. The number of rotatable bonds is 4. The van der Waals surface area contributed by atoms with Crippen LogP contribution in [0.5, 0.6) is 11.5 Å². The number of carbonyl (C=O) groups excluding carboxylic acids is 1. The lowest BCUT2D eigenvalue weighted by Gasteiger charge is -2.41. The van der Waals surface area contributed by atoms with Gasteiger partial charge in [-0.3, -0.25) is 14.4 Å². The number of methoxy groups -OCH3 is 1. The first-order valence-corrected chi connectivity index (χ1v) is 13.7. The summed E-state index contributed by atoms with van der Waals surface area (Å²) in [6, 6.07) is 14.4. The maximum absolute atomic E-state index is 13.8. The molecule has 0 radical (unpaired) electrons. The molecule has 38 heavy (non-hydrogen) atoms. The van der Waals surface area contributed by atoms with Crippen molar-refractivity contribution in [2.75, 3.05) is 20.2 Å². The Kier molecular flexibility index (Phi) is 7.98. The highest BCUT2D eigenvalue weighted by molar-refractivity contribution is 5.82.